The lowest BCUT2D eigenvalue weighted by molar-refractivity contribution is 0.251. The van der Waals surface area contributed by atoms with E-state index >= 15 is 0 Å². The Bertz CT molecular complexity index is 606. The minimum atomic E-state index is -0.334. The summed E-state index contributed by atoms with van der Waals surface area (Å²) in [6, 6.07) is 7.16. The molecule has 0 radical (unpaired) electrons. The molecule has 2 amide bonds. The molecule has 0 unspecified atom stereocenters. The van der Waals surface area contributed by atoms with Crippen LogP contribution in [0.2, 0.25) is 0 Å². The summed E-state index contributed by atoms with van der Waals surface area (Å²) in [6.07, 6.45) is 0.763. The standard InChI is InChI=1S/C14H19N5O2/c1-4-12-16-13(18-19(12)2)17-14(20)15-9-10-5-7-11(21-3)8-6-10/h5-8H,4,9H2,1-3H3,(H2,15,17,18,20). The SMILES string of the molecule is CCc1nc(NC(=O)NCc2ccc(OC)cc2)nn1C. The Morgan fingerprint density at radius 3 is 2.62 bits per heavy atom. The van der Waals surface area contributed by atoms with Crippen molar-refractivity contribution >= 4 is 12.0 Å². The number of urea groups is 1. The molecule has 0 spiro atoms. The number of amides is 2. The van der Waals surface area contributed by atoms with Gasteiger partial charge in [0.1, 0.15) is 11.6 Å². The molecule has 2 N–H and O–H groups in total. The number of carbonyl (C=O) groups is 1. The quantitative estimate of drug-likeness (QED) is 0.878. The maximum absolute atomic E-state index is 11.8. The van der Waals surface area contributed by atoms with Crippen LogP contribution in [0.4, 0.5) is 10.7 Å². The number of carbonyl (C=O) groups excluding carboxylic acids is 1. The van der Waals surface area contributed by atoms with Crippen molar-refractivity contribution in [3.8, 4) is 5.75 Å². The fourth-order valence-electron chi connectivity index (χ4n) is 1.85. The fraction of sp³-hybridized carbons (Fsp3) is 0.357. The van der Waals surface area contributed by atoms with Crippen molar-refractivity contribution in [1.82, 2.24) is 20.1 Å². The highest BCUT2D eigenvalue weighted by Gasteiger charge is 2.08. The smallest absolute Gasteiger partial charge is 0.321 e. The van der Waals surface area contributed by atoms with Crippen molar-refractivity contribution in [2.45, 2.75) is 19.9 Å². The highest BCUT2D eigenvalue weighted by atomic mass is 16.5. The van der Waals surface area contributed by atoms with Gasteiger partial charge in [-0.3, -0.25) is 10.00 Å². The lowest BCUT2D eigenvalue weighted by Crippen LogP contribution is -2.28. The summed E-state index contributed by atoms with van der Waals surface area (Å²) in [7, 11) is 3.41. The van der Waals surface area contributed by atoms with Gasteiger partial charge < -0.3 is 10.1 Å². The normalized spacial score (nSPS) is 10.2. The van der Waals surface area contributed by atoms with Gasteiger partial charge in [0, 0.05) is 20.0 Å². The Kier molecular flexibility index (Phi) is 4.76. The Morgan fingerprint density at radius 2 is 2.05 bits per heavy atom. The van der Waals surface area contributed by atoms with Crippen LogP contribution in [-0.4, -0.2) is 27.9 Å². The van der Waals surface area contributed by atoms with Crippen LogP contribution >= 0.6 is 0 Å². The molecule has 21 heavy (non-hydrogen) atoms. The first-order valence-corrected chi connectivity index (χ1v) is 6.70. The number of hydrogen-bond donors (Lipinski definition) is 2. The predicted octanol–water partition coefficient (Wildman–Crippen LogP) is 1.71. The first kappa shape index (κ1) is 14.8. The van der Waals surface area contributed by atoms with Crippen molar-refractivity contribution < 1.29 is 9.53 Å². The molecule has 0 fully saturated rings. The third-order valence-corrected chi connectivity index (χ3v) is 3.01. The maximum atomic E-state index is 11.8. The zero-order chi connectivity index (χ0) is 15.2. The number of aromatic nitrogens is 3. The summed E-state index contributed by atoms with van der Waals surface area (Å²) in [6.45, 7) is 2.40. The summed E-state index contributed by atoms with van der Waals surface area (Å²) < 4.78 is 6.73. The molecule has 0 saturated carbocycles. The molecule has 112 valence electrons. The number of nitrogens with zero attached hydrogens (tertiary/aromatic N) is 3. The number of hydrogen-bond acceptors (Lipinski definition) is 4. The maximum Gasteiger partial charge on any atom is 0.321 e. The van der Waals surface area contributed by atoms with Gasteiger partial charge in [0.2, 0.25) is 5.95 Å². The third-order valence-electron chi connectivity index (χ3n) is 3.01. The van der Waals surface area contributed by atoms with Gasteiger partial charge in [-0.05, 0) is 17.7 Å². The molecule has 1 heterocycles. The lowest BCUT2D eigenvalue weighted by Gasteiger charge is -2.06. The molecular weight excluding hydrogens is 270 g/mol. The van der Waals surface area contributed by atoms with E-state index in [0.717, 1.165) is 23.6 Å². The van der Waals surface area contributed by atoms with Crippen LogP contribution in [0.25, 0.3) is 0 Å². The van der Waals surface area contributed by atoms with Gasteiger partial charge in [0.25, 0.3) is 0 Å². The molecule has 0 aliphatic carbocycles. The summed E-state index contributed by atoms with van der Waals surface area (Å²) in [4.78, 5) is 16.0. The average molecular weight is 289 g/mol. The van der Waals surface area contributed by atoms with Crippen LogP contribution in [-0.2, 0) is 20.0 Å². The summed E-state index contributed by atoms with van der Waals surface area (Å²) in [5, 5.41) is 9.48. The summed E-state index contributed by atoms with van der Waals surface area (Å²) in [5.41, 5.74) is 0.981. The number of nitrogens with one attached hydrogen (secondary N) is 2. The van der Waals surface area contributed by atoms with Gasteiger partial charge in [-0.25, -0.2) is 4.79 Å². The van der Waals surface area contributed by atoms with Crippen LogP contribution in [0.3, 0.4) is 0 Å². The number of aryl methyl sites for hydroxylation is 2. The van der Waals surface area contributed by atoms with Crippen molar-refractivity contribution in [3.05, 3.63) is 35.7 Å². The average Bonchev–Trinajstić information content (AvgIpc) is 2.85. The van der Waals surface area contributed by atoms with E-state index in [9.17, 15) is 4.79 Å². The van der Waals surface area contributed by atoms with Gasteiger partial charge >= 0.3 is 6.03 Å². The van der Waals surface area contributed by atoms with Gasteiger partial charge in [-0.1, -0.05) is 19.1 Å². The van der Waals surface area contributed by atoms with Crippen LogP contribution in [0.15, 0.2) is 24.3 Å². The number of methoxy groups -OCH3 is 1. The monoisotopic (exact) mass is 289 g/mol. The van der Waals surface area contributed by atoms with Crippen LogP contribution in [0.5, 0.6) is 5.75 Å². The second kappa shape index (κ2) is 6.74. The van der Waals surface area contributed by atoms with Gasteiger partial charge in [0.15, 0.2) is 0 Å². The minimum absolute atomic E-state index is 0.307. The molecule has 2 rings (SSSR count). The number of anilines is 1. The first-order chi connectivity index (χ1) is 10.1. The van der Waals surface area contributed by atoms with E-state index in [1.54, 1.807) is 18.8 Å². The largest absolute Gasteiger partial charge is 0.497 e. The molecule has 0 bridgehead atoms. The number of ether oxygens (including phenoxy) is 1. The van der Waals surface area contributed by atoms with E-state index < -0.39 is 0 Å². The van der Waals surface area contributed by atoms with Crippen molar-refractivity contribution in [3.63, 3.8) is 0 Å². The first-order valence-electron chi connectivity index (χ1n) is 6.70. The summed E-state index contributed by atoms with van der Waals surface area (Å²) >= 11 is 0. The molecule has 0 aliphatic heterocycles. The van der Waals surface area contributed by atoms with Crippen LogP contribution in [0.1, 0.15) is 18.3 Å². The number of rotatable bonds is 5. The highest BCUT2D eigenvalue weighted by Crippen LogP contribution is 2.11. The lowest BCUT2D eigenvalue weighted by atomic mass is 10.2. The zero-order valence-corrected chi connectivity index (χ0v) is 12.4. The van der Waals surface area contributed by atoms with E-state index in [4.69, 9.17) is 4.74 Å². The molecule has 2 aromatic rings. The van der Waals surface area contributed by atoms with Crippen molar-refractivity contribution in [2.24, 2.45) is 7.05 Å². The van der Waals surface area contributed by atoms with E-state index in [0.29, 0.717) is 12.5 Å². The Balaban J connectivity index is 1.86. The number of benzene rings is 1. The van der Waals surface area contributed by atoms with E-state index in [-0.39, 0.29) is 6.03 Å². The van der Waals surface area contributed by atoms with Gasteiger partial charge in [-0.15, -0.1) is 5.10 Å². The molecular formula is C14H19N5O2. The fourth-order valence-corrected chi connectivity index (χ4v) is 1.85. The Morgan fingerprint density at radius 1 is 1.33 bits per heavy atom. The zero-order valence-electron chi connectivity index (χ0n) is 12.4. The Labute approximate surface area is 123 Å². The van der Waals surface area contributed by atoms with E-state index in [1.165, 1.54) is 0 Å². The van der Waals surface area contributed by atoms with Crippen LogP contribution < -0.4 is 15.4 Å². The Hall–Kier alpha value is -2.57. The predicted molar refractivity (Wildman–Crippen MR) is 79.2 cm³/mol. The molecule has 7 heteroatoms. The molecule has 0 atom stereocenters. The molecule has 0 aliphatic rings. The minimum Gasteiger partial charge on any atom is -0.497 e. The third kappa shape index (κ3) is 3.95. The van der Waals surface area contributed by atoms with Gasteiger partial charge in [0.05, 0.1) is 7.11 Å². The highest BCUT2D eigenvalue weighted by molar-refractivity contribution is 5.87. The van der Waals surface area contributed by atoms with Crippen LogP contribution in [0, 0.1) is 0 Å². The second-order valence-corrected chi connectivity index (χ2v) is 4.48. The molecule has 1 aromatic carbocycles. The molecule has 7 nitrogen and oxygen atoms in total. The van der Waals surface area contributed by atoms with Crippen molar-refractivity contribution in [2.75, 3.05) is 12.4 Å². The van der Waals surface area contributed by atoms with Crippen molar-refractivity contribution in [1.29, 1.82) is 0 Å². The topological polar surface area (TPSA) is 81.1 Å². The second-order valence-electron chi connectivity index (χ2n) is 4.48. The molecule has 1 aromatic heterocycles. The summed E-state index contributed by atoms with van der Waals surface area (Å²) in [5.74, 6) is 1.91. The van der Waals surface area contributed by atoms with Gasteiger partial charge in [-0.2, -0.15) is 4.98 Å². The van der Waals surface area contributed by atoms with E-state index in [1.807, 2.05) is 31.2 Å². The molecule has 0 saturated heterocycles. The van der Waals surface area contributed by atoms with E-state index in [2.05, 4.69) is 20.7 Å².